The van der Waals surface area contributed by atoms with Gasteiger partial charge in [0.25, 0.3) is 6.71 Å². The lowest BCUT2D eigenvalue weighted by Crippen LogP contribution is -2.62. The normalized spacial score (nSPS) is 23.5. The Balaban J connectivity index is 1.24. The molecule has 6 aromatic rings. The zero-order chi connectivity index (χ0) is 52.7. The summed E-state index contributed by atoms with van der Waals surface area (Å²) in [5, 5.41) is 0. The molecule has 5 heteroatoms. The van der Waals surface area contributed by atoms with E-state index >= 15 is 0 Å². The monoisotopic (exact) mass is 998 g/mol. The van der Waals surface area contributed by atoms with E-state index in [2.05, 4.69) is 235 Å². The molecule has 3 nitrogen and oxygen atoms in total. The van der Waals surface area contributed by atoms with Crippen LogP contribution in [0.2, 0.25) is 0 Å². The van der Waals surface area contributed by atoms with Gasteiger partial charge >= 0.3 is 0 Å². The zero-order valence-corrected chi connectivity index (χ0v) is 49.1. The highest BCUT2D eigenvalue weighted by molar-refractivity contribution is 7.98. The van der Waals surface area contributed by atoms with Gasteiger partial charge in [0.15, 0.2) is 0 Å². The van der Waals surface area contributed by atoms with E-state index in [1.807, 2.05) is 11.8 Å². The predicted octanol–water partition coefficient (Wildman–Crippen LogP) is 17.5. The average Bonchev–Trinajstić information content (AvgIpc) is 3.62. The lowest BCUT2D eigenvalue weighted by molar-refractivity contribution is 0.195. The van der Waals surface area contributed by atoms with Crippen molar-refractivity contribution >= 4 is 80.4 Å². The Labute approximate surface area is 451 Å². The third-order valence-corrected chi connectivity index (χ3v) is 21.3. The third-order valence-electron chi connectivity index (χ3n) is 20.5. The van der Waals surface area contributed by atoms with E-state index in [4.69, 9.17) is 0 Å². The average molecular weight is 998 g/mol. The first-order chi connectivity index (χ1) is 34.6. The van der Waals surface area contributed by atoms with Crippen LogP contribution >= 0.6 is 11.8 Å². The van der Waals surface area contributed by atoms with Gasteiger partial charge in [-0.05, 0) is 206 Å². The van der Waals surface area contributed by atoms with Gasteiger partial charge in [0.05, 0.1) is 5.54 Å². The Morgan fingerprint density at radius 1 is 0.419 bits per heavy atom. The van der Waals surface area contributed by atoms with Crippen molar-refractivity contribution in [1.82, 2.24) is 0 Å². The van der Waals surface area contributed by atoms with Crippen molar-refractivity contribution in [3.8, 4) is 0 Å². The van der Waals surface area contributed by atoms with Crippen LogP contribution in [0.25, 0.3) is 0 Å². The number of thioether (sulfide) groups is 1. The smallest absolute Gasteiger partial charge is 0.252 e. The molecular formula is C69H84BN3S. The molecule has 74 heavy (non-hydrogen) atoms. The van der Waals surface area contributed by atoms with E-state index in [9.17, 15) is 0 Å². The molecule has 2 unspecified atom stereocenters. The molecular weight excluding hydrogens is 914 g/mol. The summed E-state index contributed by atoms with van der Waals surface area (Å²) in [7, 11) is 0. The minimum absolute atomic E-state index is 0.00103. The van der Waals surface area contributed by atoms with Gasteiger partial charge in [-0.25, -0.2) is 0 Å². The summed E-state index contributed by atoms with van der Waals surface area (Å²) in [6.45, 7) is 39.4. The van der Waals surface area contributed by atoms with Gasteiger partial charge in [0, 0.05) is 55.8 Å². The molecule has 1 saturated carbocycles. The van der Waals surface area contributed by atoms with Crippen LogP contribution in [0.15, 0.2) is 108 Å². The Morgan fingerprint density at radius 3 is 1.54 bits per heavy atom. The number of nitrogens with zero attached hydrogens (tertiary/aromatic N) is 3. The second-order valence-corrected chi connectivity index (χ2v) is 30.0. The Morgan fingerprint density at radius 2 is 0.932 bits per heavy atom. The van der Waals surface area contributed by atoms with E-state index in [0.717, 1.165) is 6.42 Å². The van der Waals surface area contributed by atoms with Crippen molar-refractivity contribution in [2.45, 2.75) is 210 Å². The van der Waals surface area contributed by atoms with Crippen LogP contribution in [-0.2, 0) is 37.9 Å². The maximum absolute atomic E-state index is 2.85. The van der Waals surface area contributed by atoms with Crippen LogP contribution < -0.4 is 31.1 Å². The number of anilines is 8. The van der Waals surface area contributed by atoms with E-state index < -0.39 is 0 Å². The highest BCUT2D eigenvalue weighted by Crippen LogP contribution is 2.63. The first-order valence-electron chi connectivity index (χ1n) is 28.5. The molecule has 0 aromatic heterocycles. The highest BCUT2D eigenvalue weighted by Gasteiger charge is 2.58. The number of hydrogen-bond acceptors (Lipinski definition) is 4. The lowest BCUT2D eigenvalue weighted by atomic mass is 9.33. The van der Waals surface area contributed by atoms with Crippen molar-refractivity contribution in [3.63, 3.8) is 0 Å². The van der Waals surface area contributed by atoms with Crippen LogP contribution in [0.3, 0.4) is 0 Å². The van der Waals surface area contributed by atoms with E-state index in [1.54, 1.807) is 0 Å². The number of hydrogen-bond donors (Lipinski definition) is 0. The maximum atomic E-state index is 2.85. The molecule has 6 aromatic carbocycles. The summed E-state index contributed by atoms with van der Waals surface area (Å²) < 4.78 is 0. The van der Waals surface area contributed by atoms with Crippen LogP contribution in [0, 0.1) is 0 Å². The first kappa shape index (κ1) is 50.0. The van der Waals surface area contributed by atoms with E-state index in [0.29, 0.717) is 0 Å². The van der Waals surface area contributed by atoms with Gasteiger partial charge in [-0.15, -0.1) is 11.8 Å². The first-order valence-corrected chi connectivity index (χ1v) is 29.7. The molecule has 1 fully saturated rings. The molecule has 0 radical (unpaired) electrons. The minimum Gasteiger partial charge on any atom is -0.334 e. The molecule has 3 heterocycles. The van der Waals surface area contributed by atoms with Crippen LogP contribution in [0.1, 0.15) is 201 Å². The van der Waals surface area contributed by atoms with Gasteiger partial charge < -0.3 is 14.7 Å². The topological polar surface area (TPSA) is 9.72 Å². The van der Waals surface area contributed by atoms with Crippen molar-refractivity contribution < 1.29 is 0 Å². The standard InChI is InChI=1S/C69H84BN3S/c1-62(2,3)43-20-23-45(24-21-43)71-57-28-22-44(63(4,5)6)36-54(57)70-55-41-51-52(67(13,14)35-34-66(51,11)12)42-58(55)72(46-25-27-49-50(37-46)65(9,10)33-32-64(49,7)8)60-39-47(38-59(71)61(60)70)73-56-29-26-48(74-17)40-53(56)68(15)30-18-19-31-69(68,73)16/h20-29,36-42H,18-19,30-35H2,1-17H3. The zero-order valence-electron chi connectivity index (χ0n) is 48.3. The van der Waals surface area contributed by atoms with Crippen molar-refractivity contribution in [2.75, 3.05) is 21.0 Å². The maximum Gasteiger partial charge on any atom is 0.252 e. The molecule has 12 rings (SSSR count). The predicted molar refractivity (Wildman–Crippen MR) is 323 cm³/mol. The molecule has 0 spiro atoms. The molecule has 2 atom stereocenters. The Bertz CT molecular complexity index is 3310. The van der Waals surface area contributed by atoms with Gasteiger partial charge in [0.1, 0.15) is 0 Å². The SMILES string of the molecule is CSc1ccc2c(c1)C1(C)CCCCC1(C)N2c1cc2c3c(c1)N(c1ccc4c(c1)C(C)(C)CCC4(C)C)c1cc4c(cc1B3c1cc(C(C)(C)C)ccc1N2c1ccc(C(C)(C)C)cc1)C(C)(C)CCC4(C)C. The lowest BCUT2D eigenvalue weighted by Gasteiger charge is -2.51. The molecule has 0 saturated heterocycles. The molecule has 3 aliphatic carbocycles. The van der Waals surface area contributed by atoms with Crippen LogP contribution in [-0.4, -0.2) is 18.5 Å². The molecule has 384 valence electrons. The fraction of sp³-hybridized carbons (Fsp3) is 0.478. The van der Waals surface area contributed by atoms with Gasteiger partial charge in [-0.2, -0.15) is 0 Å². The van der Waals surface area contributed by atoms with Crippen LogP contribution in [0.4, 0.5) is 45.5 Å². The second kappa shape index (κ2) is 16.1. The van der Waals surface area contributed by atoms with Crippen molar-refractivity contribution in [1.29, 1.82) is 0 Å². The summed E-state index contributed by atoms with van der Waals surface area (Å²) in [4.78, 5) is 9.66. The van der Waals surface area contributed by atoms with Gasteiger partial charge in [0.2, 0.25) is 0 Å². The Hall–Kier alpha value is -4.87. The number of benzene rings is 6. The fourth-order valence-electron chi connectivity index (χ4n) is 15.3. The summed E-state index contributed by atoms with van der Waals surface area (Å²) in [6, 6.07) is 43.0. The largest absolute Gasteiger partial charge is 0.334 e. The summed E-state index contributed by atoms with van der Waals surface area (Å²) >= 11 is 1.88. The van der Waals surface area contributed by atoms with Crippen LogP contribution in [0.5, 0.6) is 0 Å². The Kier molecular flexibility index (Phi) is 10.9. The highest BCUT2D eigenvalue weighted by atomic mass is 32.2. The number of fused-ring (bicyclic) bond motifs is 9. The molecule has 0 bridgehead atoms. The van der Waals surface area contributed by atoms with E-state index in [-0.39, 0.29) is 50.2 Å². The van der Waals surface area contributed by atoms with Gasteiger partial charge in [-0.1, -0.05) is 153 Å². The summed E-state index contributed by atoms with van der Waals surface area (Å²) in [6.07, 6.45) is 11.8. The minimum atomic E-state index is -0.119. The van der Waals surface area contributed by atoms with Crippen molar-refractivity contribution in [2.24, 2.45) is 0 Å². The molecule has 6 aliphatic rings. The van der Waals surface area contributed by atoms with E-state index in [1.165, 1.54) is 151 Å². The van der Waals surface area contributed by atoms with Crippen molar-refractivity contribution in [3.05, 3.63) is 142 Å². The second-order valence-electron chi connectivity index (χ2n) is 29.1. The third kappa shape index (κ3) is 7.19. The molecule has 0 N–H and O–H groups in total. The summed E-state index contributed by atoms with van der Waals surface area (Å²) in [5.74, 6) is 0. The quantitative estimate of drug-likeness (QED) is 0.128. The fourth-order valence-corrected chi connectivity index (χ4v) is 15.7. The molecule has 3 aliphatic heterocycles. The molecule has 0 amide bonds. The number of rotatable bonds is 4. The van der Waals surface area contributed by atoms with Gasteiger partial charge in [-0.3, -0.25) is 0 Å². The summed E-state index contributed by atoms with van der Waals surface area (Å²) in [5.41, 5.74) is 25.1.